The van der Waals surface area contributed by atoms with Crippen LogP contribution in [0.15, 0.2) is 37.2 Å². The lowest BCUT2D eigenvalue weighted by molar-refractivity contribution is 0.335. The van der Waals surface area contributed by atoms with E-state index in [1.807, 2.05) is 19.4 Å². The Hall–Kier alpha value is -4.31. The van der Waals surface area contributed by atoms with Crippen LogP contribution in [0.4, 0.5) is 5.95 Å². The molecule has 0 saturated heterocycles. The van der Waals surface area contributed by atoms with Gasteiger partial charge in [-0.05, 0) is 38.7 Å². The van der Waals surface area contributed by atoms with E-state index in [2.05, 4.69) is 47.1 Å². The third-order valence-corrected chi connectivity index (χ3v) is 6.06. The number of fused-ring (bicyclic) bond motifs is 1. The zero-order valence-corrected chi connectivity index (χ0v) is 18.2. The molecule has 0 bridgehead atoms. The van der Waals surface area contributed by atoms with Crippen molar-refractivity contribution < 1.29 is 0 Å². The molecule has 0 radical (unpaired) electrons. The second kappa shape index (κ2) is 8.67. The van der Waals surface area contributed by atoms with Crippen molar-refractivity contribution >= 4 is 17.1 Å². The molecular weight excluding hydrogens is 416 g/mol. The van der Waals surface area contributed by atoms with E-state index in [1.54, 1.807) is 29.3 Å². The van der Waals surface area contributed by atoms with Crippen LogP contribution in [0, 0.1) is 22.7 Å². The van der Waals surface area contributed by atoms with E-state index in [0.29, 0.717) is 22.8 Å². The van der Waals surface area contributed by atoms with E-state index in [1.165, 1.54) is 0 Å². The van der Waals surface area contributed by atoms with E-state index in [4.69, 9.17) is 5.26 Å². The Bertz CT molecular complexity index is 1390. The van der Waals surface area contributed by atoms with E-state index < -0.39 is 0 Å². The van der Waals surface area contributed by atoms with Gasteiger partial charge < -0.3 is 9.88 Å². The summed E-state index contributed by atoms with van der Waals surface area (Å²) < 4.78 is 3.91. The molecule has 4 aromatic rings. The second-order valence-corrected chi connectivity index (χ2v) is 8.14. The molecule has 1 fully saturated rings. The Morgan fingerprint density at radius 3 is 2.82 bits per heavy atom. The van der Waals surface area contributed by atoms with Crippen LogP contribution in [0.25, 0.3) is 22.4 Å². The van der Waals surface area contributed by atoms with Crippen LogP contribution in [0.2, 0.25) is 0 Å². The highest BCUT2D eigenvalue weighted by Crippen LogP contribution is 2.32. The van der Waals surface area contributed by atoms with Crippen molar-refractivity contribution in [1.82, 2.24) is 34.3 Å². The number of anilines is 1. The lowest BCUT2D eigenvalue weighted by atomic mass is 9.91. The normalized spacial score (nSPS) is 18.0. The molecule has 1 aliphatic rings. The minimum atomic E-state index is 0.179. The number of aryl methyl sites for hydroxylation is 1. The third kappa shape index (κ3) is 3.99. The molecule has 33 heavy (non-hydrogen) atoms. The number of hydrogen-bond donors (Lipinski definition) is 1. The maximum absolute atomic E-state index is 9.51. The van der Waals surface area contributed by atoms with Crippen molar-refractivity contribution in [3.63, 3.8) is 0 Å². The summed E-state index contributed by atoms with van der Waals surface area (Å²) in [6.45, 7) is 2.76. The van der Waals surface area contributed by atoms with Crippen LogP contribution < -0.4 is 5.32 Å². The molecule has 0 aliphatic heterocycles. The fourth-order valence-corrected chi connectivity index (χ4v) is 4.39. The maximum atomic E-state index is 9.51. The average molecular weight is 438 g/mol. The zero-order valence-electron chi connectivity index (χ0n) is 18.2. The van der Waals surface area contributed by atoms with E-state index in [9.17, 15) is 5.26 Å². The van der Waals surface area contributed by atoms with Gasteiger partial charge in [-0.1, -0.05) is 0 Å². The Balaban J connectivity index is 1.36. The third-order valence-electron chi connectivity index (χ3n) is 6.06. The van der Waals surface area contributed by atoms with Crippen LogP contribution in [-0.4, -0.2) is 40.3 Å². The minimum absolute atomic E-state index is 0.179. The van der Waals surface area contributed by atoms with Gasteiger partial charge in [-0.15, -0.1) is 0 Å². The predicted octanol–water partition coefficient (Wildman–Crippen LogP) is 3.44. The lowest BCUT2D eigenvalue weighted by Gasteiger charge is -2.30. The summed E-state index contributed by atoms with van der Waals surface area (Å²) in [6, 6.07) is 6.47. The van der Waals surface area contributed by atoms with Gasteiger partial charge in [-0.2, -0.15) is 15.6 Å². The molecule has 5 rings (SSSR count). The highest BCUT2D eigenvalue weighted by atomic mass is 15.3. The first-order valence-corrected chi connectivity index (χ1v) is 11.0. The molecule has 1 saturated carbocycles. The largest absolute Gasteiger partial charge is 0.351 e. The van der Waals surface area contributed by atoms with E-state index in [0.717, 1.165) is 49.0 Å². The summed E-state index contributed by atoms with van der Waals surface area (Å²) in [4.78, 5) is 17.9. The van der Waals surface area contributed by atoms with Crippen LogP contribution in [-0.2, 0) is 6.54 Å². The van der Waals surface area contributed by atoms with Gasteiger partial charge in [-0.25, -0.2) is 19.9 Å². The smallest absolute Gasteiger partial charge is 0.223 e. The Kier molecular flexibility index (Phi) is 5.41. The van der Waals surface area contributed by atoms with Gasteiger partial charge in [0, 0.05) is 36.6 Å². The van der Waals surface area contributed by atoms with Crippen molar-refractivity contribution in [2.24, 2.45) is 0 Å². The maximum Gasteiger partial charge on any atom is 0.223 e. The van der Waals surface area contributed by atoms with Crippen LogP contribution in [0.5, 0.6) is 0 Å². The van der Waals surface area contributed by atoms with Gasteiger partial charge >= 0.3 is 0 Å². The Morgan fingerprint density at radius 1 is 1.12 bits per heavy atom. The van der Waals surface area contributed by atoms with Gasteiger partial charge in [0.2, 0.25) is 5.95 Å². The number of rotatable bonds is 5. The molecule has 0 amide bonds. The number of nitriles is 2. The minimum Gasteiger partial charge on any atom is -0.351 e. The quantitative estimate of drug-likeness (QED) is 0.501. The van der Waals surface area contributed by atoms with E-state index >= 15 is 0 Å². The summed E-state index contributed by atoms with van der Waals surface area (Å²) in [5.41, 5.74) is 3.84. The number of pyridine rings is 1. The van der Waals surface area contributed by atoms with Crippen LogP contribution in [0.3, 0.4) is 0 Å². The van der Waals surface area contributed by atoms with Crippen molar-refractivity contribution in [1.29, 1.82) is 10.5 Å². The number of imidazole rings is 1. The first-order valence-electron chi connectivity index (χ1n) is 11.0. The standard InChI is InChI=1S/C23H22N10/c1-2-32-13-17(12-29-32)21-16(9-25)11-27-23(31-21)30-18-4-3-5-19(7-18)33-14-28-20-6-15(8-24)10-26-22(20)33/h6,10-14,18-19H,2-5,7H2,1H3,(H,27,30,31)/t18-,19+/m1/s1. The van der Waals surface area contributed by atoms with Gasteiger partial charge in [0.1, 0.15) is 17.7 Å². The van der Waals surface area contributed by atoms with Crippen LogP contribution >= 0.6 is 0 Å². The predicted molar refractivity (Wildman–Crippen MR) is 121 cm³/mol. The molecule has 10 nitrogen and oxygen atoms in total. The molecule has 0 unspecified atom stereocenters. The summed E-state index contributed by atoms with van der Waals surface area (Å²) >= 11 is 0. The topological polar surface area (TPSA) is 134 Å². The second-order valence-electron chi connectivity index (χ2n) is 8.14. The molecular formula is C23H22N10. The van der Waals surface area contributed by atoms with Crippen molar-refractivity contribution in [2.45, 2.75) is 51.2 Å². The molecule has 4 heterocycles. The monoisotopic (exact) mass is 438 g/mol. The molecule has 0 aromatic carbocycles. The average Bonchev–Trinajstić information content (AvgIpc) is 3.51. The lowest BCUT2D eigenvalue weighted by Crippen LogP contribution is -2.29. The summed E-state index contributed by atoms with van der Waals surface area (Å²) in [5.74, 6) is 0.506. The first-order chi connectivity index (χ1) is 16.2. The fraction of sp³-hybridized carbons (Fsp3) is 0.348. The SMILES string of the molecule is CCn1cc(-c2nc(N[C@@H]3CCC[C@H](n4cnc5cc(C#N)cnc54)C3)ncc2C#N)cn1. The fourth-order valence-electron chi connectivity index (χ4n) is 4.39. The Morgan fingerprint density at radius 2 is 2.03 bits per heavy atom. The van der Waals surface area contributed by atoms with Crippen molar-refractivity contribution in [2.75, 3.05) is 5.32 Å². The number of nitrogens with zero attached hydrogens (tertiary/aromatic N) is 9. The Labute approximate surface area is 190 Å². The molecule has 0 spiro atoms. The van der Waals surface area contributed by atoms with Crippen molar-refractivity contribution in [3.05, 3.63) is 48.3 Å². The molecule has 164 valence electrons. The molecule has 1 N–H and O–H groups in total. The summed E-state index contributed by atoms with van der Waals surface area (Å²) in [6.07, 6.45) is 12.5. The molecule has 4 aromatic heterocycles. The van der Waals surface area contributed by atoms with Crippen molar-refractivity contribution in [3.8, 4) is 23.4 Å². The summed E-state index contributed by atoms with van der Waals surface area (Å²) in [7, 11) is 0. The first kappa shape index (κ1) is 20.6. The zero-order chi connectivity index (χ0) is 22.8. The molecule has 2 atom stereocenters. The molecule has 1 aliphatic carbocycles. The van der Waals surface area contributed by atoms with Gasteiger partial charge in [0.15, 0.2) is 5.65 Å². The van der Waals surface area contributed by atoms with E-state index in [-0.39, 0.29) is 12.1 Å². The van der Waals surface area contributed by atoms with Gasteiger partial charge in [0.05, 0.1) is 35.5 Å². The van der Waals surface area contributed by atoms with Gasteiger partial charge in [-0.3, -0.25) is 4.68 Å². The summed E-state index contributed by atoms with van der Waals surface area (Å²) in [5, 5.41) is 26.4. The number of hydrogen-bond acceptors (Lipinski definition) is 8. The molecule has 10 heteroatoms. The highest BCUT2D eigenvalue weighted by molar-refractivity contribution is 5.72. The number of aromatic nitrogens is 7. The van der Waals surface area contributed by atoms with Crippen LogP contribution in [0.1, 0.15) is 49.8 Å². The highest BCUT2D eigenvalue weighted by Gasteiger charge is 2.25. The number of nitrogens with one attached hydrogen (secondary N) is 1. The van der Waals surface area contributed by atoms with Gasteiger partial charge in [0.25, 0.3) is 0 Å².